The molecule has 268 valence electrons. The number of benzene rings is 3. The summed E-state index contributed by atoms with van der Waals surface area (Å²) in [6, 6.07) is 11.9. The molecule has 2 atom stereocenters. The quantitative estimate of drug-likeness (QED) is 0.164. The Hall–Kier alpha value is -4.57. The van der Waals surface area contributed by atoms with E-state index in [4.69, 9.17) is 18.9 Å². The zero-order valence-electron chi connectivity index (χ0n) is 28.1. The van der Waals surface area contributed by atoms with Crippen LogP contribution in [-0.2, 0) is 21.3 Å². The molecule has 1 aliphatic heterocycles. The van der Waals surface area contributed by atoms with Gasteiger partial charge < -0.3 is 23.8 Å². The largest absolute Gasteiger partial charge is 0.497 e. The number of sulfonamides is 1. The first-order chi connectivity index (χ1) is 23.7. The first-order valence-corrected chi connectivity index (χ1v) is 17.8. The summed E-state index contributed by atoms with van der Waals surface area (Å²) in [5.74, 6) is -3.18. The molecular weight excluding hydrogens is 698 g/mol. The predicted molar refractivity (Wildman–Crippen MR) is 180 cm³/mol. The molecule has 0 aliphatic carbocycles. The van der Waals surface area contributed by atoms with Gasteiger partial charge in [-0.05, 0) is 62.9 Å². The second-order valence-corrected chi connectivity index (χ2v) is 15.2. The smallest absolute Gasteiger partial charge is 0.410 e. The summed E-state index contributed by atoms with van der Waals surface area (Å²) in [7, 11) is -1.88. The zero-order valence-corrected chi connectivity index (χ0v) is 29.7. The Morgan fingerprint density at radius 3 is 2.38 bits per heavy atom. The van der Waals surface area contributed by atoms with Gasteiger partial charge in [-0.1, -0.05) is 12.1 Å². The van der Waals surface area contributed by atoms with E-state index < -0.39 is 55.7 Å². The lowest BCUT2D eigenvalue weighted by atomic mass is 9.81. The Bertz CT molecular complexity index is 1910. The SMILES string of the molecule is COc1ccc(CN(c2ncns2)S(=O)(=O)c2cc(F)c(OCC3CN(C(=O)OC(C)(C)C)CCC3c3ccc(F)cc3)cc2F)c(OC)c1. The third-order valence-corrected chi connectivity index (χ3v) is 10.6. The van der Waals surface area contributed by atoms with Crippen LogP contribution < -0.4 is 18.5 Å². The third kappa shape index (κ3) is 8.41. The van der Waals surface area contributed by atoms with E-state index in [-0.39, 0.29) is 30.7 Å². The molecule has 2 heterocycles. The van der Waals surface area contributed by atoms with Crippen molar-refractivity contribution in [1.29, 1.82) is 0 Å². The summed E-state index contributed by atoms with van der Waals surface area (Å²) in [5, 5.41) is -0.0818. The van der Waals surface area contributed by atoms with E-state index in [2.05, 4.69) is 9.36 Å². The Kier molecular flexibility index (Phi) is 11.1. The van der Waals surface area contributed by atoms with Gasteiger partial charge in [-0.25, -0.2) is 35.7 Å². The van der Waals surface area contributed by atoms with Gasteiger partial charge in [-0.2, -0.15) is 4.37 Å². The molecular formula is C34H37F3N4O7S2. The van der Waals surface area contributed by atoms with E-state index in [0.29, 0.717) is 42.2 Å². The van der Waals surface area contributed by atoms with Crippen LogP contribution in [0.25, 0.3) is 0 Å². The number of amides is 1. The molecule has 1 aliphatic rings. The minimum Gasteiger partial charge on any atom is -0.497 e. The van der Waals surface area contributed by atoms with Crippen LogP contribution in [0.15, 0.2) is 65.8 Å². The average Bonchev–Trinajstić information content (AvgIpc) is 3.61. The number of halogens is 3. The molecule has 3 aromatic carbocycles. The maximum atomic E-state index is 15.7. The summed E-state index contributed by atoms with van der Waals surface area (Å²) in [5.41, 5.74) is 0.463. The van der Waals surface area contributed by atoms with E-state index in [9.17, 15) is 17.6 Å². The summed E-state index contributed by atoms with van der Waals surface area (Å²) in [6.45, 7) is 5.26. The van der Waals surface area contributed by atoms with Crippen LogP contribution in [0.1, 0.15) is 44.2 Å². The van der Waals surface area contributed by atoms with Crippen LogP contribution in [0.4, 0.5) is 23.1 Å². The number of carbonyl (C=O) groups is 1. The van der Waals surface area contributed by atoms with Gasteiger partial charge in [0.2, 0.25) is 5.13 Å². The van der Waals surface area contributed by atoms with Gasteiger partial charge in [0.1, 0.15) is 40.0 Å². The molecule has 1 amide bonds. The summed E-state index contributed by atoms with van der Waals surface area (Å²) in [6.07, 6.45) is 1.10. The first kappa shape index (κ1) is 36.7. The van der Waals surface area contributed by atoms with Crippen molar-refractivity contribution in [3.8, 4) is 17.2 Å². The van der Waals surface area contributed by atoms with Crippen LogP contribution in [-0.4, -0.2) is 68.3 Å². The van der Waals surface area contributed by atoms with Crippen LogP contribution in [0.5, 0.6) is 17.2 Å². The van der Waals surface area contributed by atoms with Crippen molar-refractivity contribution in [3.63, 3.8) is 0 Å². The summed E-state index contributed by atoms with van der Waals surface area (Å²) < 4.78 is 99.6. The van der Waals surface area contributed by atoms with Crippen molar-refractivity contribution >= 4 is 32.8 Å². The second kappa shape index (κ2) is 15.1. The van der Waals surface area contributed by atoms with Crippen LogP contribution >= 0.6 is 11.5 Å². The van der Waals surface area contributed by atoms with Gasteiger partial charge in [0, 0.05) is 54.3 Å². The van der Waals surface area contributed by atoms with E-state index in [1.165, 1.54) is 31.3 Å². The Labute approximate surface area is 292 Å². The molecule has 1 saturated heterocycles. The number of hydrogen-bond acceptors (Lipinski definition) is 10. The molecule has 4 aromatic rings. The molecule has 0 radical (unpaired) electrons. The number of methoxy groups -OCH3 is 2. The molecule has 0 saturated carbocycles. The Balaban J connectivity index is 1.41. The Morgan fingerprint density at radius 1 is 1.00 bits per heavy atom. The van der Waals surface area contributed by atoms with Crippen LogP contribution in [0.3, 0.4) is 0 Å². The minimum atomic E-state index is -4.75. The third-order valence-electron chi connectivity index (χ3n) is 8.06. The lowest BCUT2D eigenvalue weighted by Gasteiger charge is -2.39. The summed E-state index contributed by atoms with van der Waals surface area (Å²) >= 11 is 0.756. The molecule has 2 unspecified atom stereocenters. The fraction of sp³-hybridized carbons (Fsp3) is 0.382. The molecule has 0 bridgehead atoms. The molecule has 50 heavy (non-hydrogen) atoms. The van der Waals surface area contributed by atoms with Crippen molar-refractivity contribution < 1.29 is 45.3 Å². The highest BCUT2D eigenvalue weighted by atomic mass is 32.2. The molecule has 5 rings (SSSR count). The van der Waals surface area contributed by atoms with E-state index >= 15 is 8.78 Å². The van der Waals surface area contributed by atoms with Gasteiger partial charge in [-0.15, -0.1) is 0 Å². The topological polar surface area (TPSA) is 120 Å². The molecule has 0 spiro atoms. The minimum absolute atomic E-state index is 0.0818. The fourth-order valence-electron chi connectivity index (χ4n) is 5.65. The van der Waals surface area contributed by atoms with Gasteiger partial charge in [-0.3, -0.25) is 0 Å². The zero-order chi connectivity index (χ0) is 36.2. The van der Waals surface area contributed by atoms with Gasteiger partial charge in [0.15, 0.2) is 11.6 Å². The van der Waals surface area contributed by atoms with Gasteiger partial charge >= 0.3 is 6.09 Å². The van der Waals surface area contributed by atoms with E-state index in [0.717, 1.165) is 27.7 Å². The maximum absolute atomic E-state index is 15.7. The van der Waals surface area contributed by atoms with E-state index in [1.807, 2.05) is 0 Å². The fourth-order valence-corrected chi connectivity index (χ4v) is 7.84. The molecule has 0 N–H and O–H groups in total. The van der Waals surface area contributed by atoms with Crippen LogP contribution in [0.2, 0.25) is 0 Å². The standard InChI is InChI=1S/C34H37F3N4O7S2/c1-34(2,3)48-33(42)40-13-12-26(21-6-9-24(35)10-7-21)23(17-40)19-47-30-15-28(37)31(16-27(30)36)50(43,44)41(32-38-20-39-49-32)18-22-8-11-25(45-4)14-29(22)46-5/h6-11,14-16,20,23,26H,12-13,17-19H2,1-5H3. The highest BCUT2D eigenvalue weighted by molar-refractivity contribution is 7.93. The number of ether oxygens (including phenoxy) is 4. The highest BCUT2D eigenvalue weighted by Crippen LogP contribution is 2.37. The first-order valence-electron chi connectivity index (χ1n) is 15.6. The Morgan fingerprint density at radius 2 is 1.74 bits per heavy atom. The number of piperidine rings is 1. The number of aromatic nitrogens is 2. The number of carbonyl (C=O) groups excluding carboxylic acids is 1. The summed E-state index contributed by atoms with van der Waals surface area (Å²) in [4.78, 5) is 17.5. The lowest BCUT2D eigenvalue weighted by molar-refractivity contribution is 0.0110. The molecule has 11 nitrogen and oxygen atoms in total. The van der Waals surface area contributed by atoms with Crippen molar-refractivity contribution in [1.82, 2.24) is 14.3 Å². The number of nitrogens with zero attached hydrogens (tertiary/aromatic N) is 4. The monoisotopic (exact) mass is 734 g/mol. The van der Waals surface area contributed by atoms with Crippen molar-refractivity contribution in [3.05, 3.63) is 89.5 Å². The van der Waals surface area contributed by atoms with Crippen molar-refractivity contribution in [2.24, 2.45) is 5.92 Å². The number of anilines is 1. The molecule has 16 heteroatoms. The molecule has 1 aromatic heterocycles. The molecule has 1 fully saturated rings. The van der Waals surface area contributed by atoms with Gasteiger partial charge in [0.25, 0.3) is 10.0 Å². The second-order valence-electron chi connectivity index (χ2n) is 12.6. The van der Waals surface area contributed by atoms with Crippen molar-refractivity contribution in [2.45, 2.75) is 50.2 Å². The number of rotatable bonds is 11. The van der Waals surface area contributed by atoms with Crippen LogP contribution in [0, 0.1) is 23.4 Å². The predicted octanol–water partition coefficient (Wildman–Crippen LogP) is 6.79. The highest BCUT2D eigenvalue weighted by Gasteiger charge is 2.36. The van der Waals surface area contributed by atoms with Gasteiger partial charge in [0.05, 0.1) is 27.4 Å². The number of hydrogen-bond donors (Lipinski definition) is 0. The number of likely N-dealkylation sites (tertiary alicyclic amines) is 1. The lowest BCUT2D eigenvalue weighted by Crippen LogP contribution is -2.46. The van der Waals surface area contributed by atoms with Crippen molar-refractivity contribution in [2.75, 3.05) is 38.2 Å². The maximum Gasteiger partial charge on any atom is 0.410 e. The van der Waals surface area contributed by atoms with E-state index in [1.54, 1.807) is 51.1 Å². The average molecular weight is 735 g/mol. The normalized spacial score (nSPS) is 16.5.